The molecule has 9 heteroatoms. The third-order valence-corrected chi connectivity index (χ3v) is 26.7. The summed E-state index contributed by atoms with van der Waals surface area (Å²) in [6, 6.07) is 183. The lowest BCUT2D eigenvalue weighted by molar-refractivity contribution is 1.07. The standard InChI is InChI=1S/C46H30N4.C46H31N.C37H24N4/c1-3-15-31(16-4-1)40-30-41(48-46(47-40)32-17-5-2-6-18-32)33-27-34(49-42-23-11-7-19-36(42)37-20-8-12-24-43(37)49)29-35(28-33)50-44-25-13-9-21-38(44)39-22-10-14-26-45(39)50;1-3-13-32(14-4-1)36-25-26-46-44(31-36)43-22-9-10-24-45(43)47(46)40-20-11-19-35(30-40)38-27-37(33-15-5-2-6-16-33)28-39(29-38)42-23-12-18-34-17-7-8-21-41(34)42;1-3-13-26(14-4-1)35-38-36(27-15-5-2-6-16-27)40-37(39-35)28-17-11-18-29(24-28)41-32-21-10-9-20-31(32)34-30-19-8-7-12-25(30)22-23-33(34)41/h1-30H;1-31H;1-24H. The Kier molecular flexibility index (Phi) is 20.8. The molecule has 0 atom stereocenters. The van der Waals surface area contributed by atoms with Gasteiger partial charge >= 0.3 is 0 Å². The van der Waals surface area contributed by atoms with Crippen LogP contribution in [0, 0.1) is 0 Å². The summed E-state index contributed by atoms with van der Waals surface area (Å²) in [5, 5.41) is 14.9. The van der Waals surface area contributed by atoms with Gasteiger partial charge in [0.05, 0.1) is 55.5 Å². The van der Waals surface area contributed by atoms with E-state index in [9.17, 15) is 0 Å². The minimum Gasteiger partial charge on any atom is -0.309 e. The first-order valence-corrected chi connectivity index (χ1v) is 46.8. The molecule has 138 heavy (non-hydrogen) atoms. The summed E-state index contributed by atoms with van der Waals surface area (Å²) in [4.78, 5) is 25.1. The average molecular weight is 1760 g/mol. The van der Waals surface area contributed by atoms with Crippen LogP contribution >= 0.6 is 0 Å². The molecule has 6 aromatic heterocycles. The predicted octanol–water partition coefficient (Wildman–Crippen LogP) is 33.4. The lowest BCUT2D eigenvalue weighted by Crippen LogP contribution is -2.01. The molecule has 21 aromatic carbocycles. The molecular weight excluding hydrogens is 1680 g/mol. The summed E-state index contributed by atoms with van der Waals surface area (Å²) in [6.07, 6.45) is 0. The molecular formula is C129H85N9. The van der Waals surface area contributed by atoms with Crippen molar-refractivity contribution in [1.29, 1.82) is 0 Å². The fourth-order valence-corrected chi connectivity index (χ4v) is 20.3. The highest BCUT2D eigenvalue weighted by Crippen LogP contribution is 2.45. The van der Waals surface area contributed by atoms with Gasteiger partial charge in [-0.25, -0.2) is 24.9 Å². The first kappa shape index (κ1) is 81.4. The van der Waals surface area contributed by atoms with Crippen molar-refractivity contribution in [3.63, 3.8) is 0 Å². The maximum atomic E-state index is 5.26. The maximum Gasteiger partial charge on any atom is 0.164 e. The van der Waals surface area contributed by atoms with Crippen LogP contribution < -0.4 is 0 Å². The Balaban J connectivity index is 0.000000110. The second kappa shape index (κ2) is 35.2. The number of hydrogen-bond acceptors (Lipinski definition) is 5. The smallest absolute Gasteiger partial charge is 0.164 e. The molecule has 0 saturated heterocycles. The highest BCUT2D eigenvalue weighted by atomic mass is 15.0. The molecule has 0 fully saturated rings. The Morgan fingerprint density at radius 1 is 0.130 bits per heavy atom. The lowest BCUT2D eigenvalue weighted by Gasteiger charge is -2.16. The molecule has 0 N–H and O–H groups in total. The number of hydrogen-bond donors (Lipinski definition) is 0. The van der Waals surface area contributed by atoms with Crippen LogP contribution in [0.1, 0.15) is 0 Å². The number of para-hydroxylation sites is 6. The van der Waals surface area contributed by atoms with Crippen molar-refractivity contribution in [2.24, 2.45) is 0 Å². The minimum absolute atomic E-state index is 0.644. The van der Waals surface area contributed by atoms with E-state index in [0.29, 0.717) is 23.3 Å². The fraction of sp³-hybridized carbons (Fsp3) is 0. The van der Waals surface area contributed by atoms with Crippen LogP contribution in [0.5, 0.6) is 0 Å². The molecule has 0 amide bonds. The number of rotatable bonds is 14. The highest BCUT2D eigenvalue weighted by molar-refractivity contribution is 6.22. The van der Waals surface area contributed by atoms with Crippen LogP contribution in [0.4, 0.5) is 0 Å². The quantitative estimate of drug-likeness (QED) is 0.108. The van der Waals surface area contributed by atoms with E-state index in [1.807, 2.05) is 84.9 Å². The number of nitrogens with zero attached hydrogens (tertiary/aromatic N) is 9. The topological polar surface area (TPSA) is 84.2 Å². The highest BCUT2D eigenvalue weighted by Gasteiger charge is 2.24. The molecule has 0 aliphatic heterocycles. The summed E-state index contributed by atoms with van der Waals surface area (Å²) in [6.45, 7) is 0. The molecule has 0 bridgehead atoms. The maximum absolute atomic E-state index is 5.26. The molecule has 9 nitrogen and oxygen atoms in total. The molecule has 0 spiro atoms. The molecule has 0 aliphatic rings. The van der Waals surface area contributed by atoms with Crippen molar-refractivity contribution in [1.82, 2.24) is 43.2 Å². The molecule has 0 saturated carbocycles. The Hall–Kier alpha value is -18.6. The van der Waals surface area contributed by atoms with Crippen molar-refractivity contribution in [2.75, 3.05) is 0 Å². The van der Waals surface area contributed by atoms with Gasteiger partial charge in [-0.15, -0.1) is 0 Å². The van der Waals surface area contributed by atoms with Gasteiger partial charge in [-0.3, -0.25) is 0 Å². The first-order valence-electron chi connectivity index (χ1n) is 46.8. The van der Waals surface area contributed by atoms with Crippen LogP contribution in [0.25, 0.3) is 244 Å². The molecule has 27 aromatic rings. The predicted molar refractivity (Wildman–Crippen MR) is 575 cm³/mol. The Labute approximate surface area is 797 Å². The summed E-state index contributed by atoms with van der Waals surface area (Å²) in [5.41, 5.74) is 31.1. The van der Waals surface area contributed by atoms with Gasteiger partial charge in [-0.05, 0) is 187 Å². The largest absolute Gasteiger partial charge is 0.309 e. The second-order valence-corrected chi connectivity index (χ2v) is 35.0. The Bertz CT molecular complexity index is 8970. The Morgan fingerprint density at radius 3 is 0.942 bits per heavy atom. The van der Waals surface area contributed by atoms with Gasteiger partial charge in [-0.2, -0.15) is 0 Å². The second-order valence-electron chi connectivity index (χ2n) is 35.0. The number of aromatic nitrogens is 9. The third-order valence-electron chi connectivity index (χ3n) is 26.7. The summed E-state index contributed by atoms with van der Waals surface area (Å²) in [7, 11) is 0. The zero-order valence-corrected chi connectivity index (χ0v) is 75.1. The molecule has 0 aliphatic carbocycles. The van der Waals surface area contributed by atoms with E-state index in [2.05, 4.69) is 449 Å². The van der Waals surface area contributed by atoms with Crippen molar-refractivity contribution in [2.45, 2.75) is 0 Å². The van der Waals surface area contributed by atoms with Gasteiger partial charge in [0.15, 0.2) is 23.3 Å². The lowest BCUT2D eigenvalue weighted by atomic mass is 9.91. The van der Waals surface area contributed by atoms with E-state index in [-0.39, 0.29) is 0 Å². The van der Waals surface area contributed by atoms with Crippen molar-refractivity contribution in [3.05, 3.63) is 516 Å². The van der Waals surface area contributed by atoms with Gasteiger partial charge in [0.1, 0.15) is 0 Å². The van der Waals surface area contributed by atoms with Crippen LogP contribution in [0.3, 0.4) is 0 Å². The van der Waals surface area contributed by atoms with E-state index < -0.39 is 0 Å². The number of benzene rings is 21. The molecule has 27 rings (SSSR count). The van der Waals surface area contributed by atoms with Crippen LogP contribution in [0.2, 0.25) is 0 Å². The fourth-order valence-electron chi connectivity index (χ4n) is 20.3. The van der Waals surface area contributed by atoms with Crippen molar-refractivity contribution >= 4 is 109 Å². The van der Waals surface area contributed by atoms with Crippen LogP contribution in [-0.4, -0.2) is 43.2 Å². The molecule has 646 valence electrons. The third kappa shape index (κ3) is 15.0. The SMILES string of the molecule is c1ccc(-c2cc(-c3cc(-n4c5ccccc5c5ccccc54)cc(-n4c5ccccc5c5ccccc54)c3)nc(-c3ccccc3)n2)cc1.c1ccc(-c2cc(-c3cccc(-n4c5ccccc5c5cc(-c6ccccc6)ccc54)c3)cc(-c3cccc4ccccc34)c2)cc1.c1ccc(-c2nc(-c3ccccc3)nc(-c3cccc(-n4c5ccccc5c5c6ccccc6ccc54)c3)n2)cc1. The zero-order chi connectivity index (χ0) is 91.4. The van der Waals surface area contributed by atoms with Gasteiger partial charge in [0.25, 0.3) is 0 Å². The van der Waals surface area contributed by atoms with E-state index in [1.54, 1.807) is 0 Å². The van der Waals surface area contributed by atoms with Crippen LogP contribution in [-0.2, 0) is 0 Å². The average Bonchev–Trinajstić information content (AvgIpc) is 1.60. The van der Waals surface area contributed by atoms with E-state index in [0.717, 1.165) is 89.6 Å². The zero-order valence-electron chi connectivity index (χ0n) is 75.1. The summed E-state index contributed by atoms with van der Waals surface area (Å²) >= 11 is 0. The molecule has 0 unspecified atom stereocenters. The molecule has 0 radical (unpaired) electrons. The summed E-state index contributed by atoms with van der Waals surface area (Å²) in [5.74, 6) is 2.65. The van der Waals surface area contributed by atoms with Gasteiger partial charge in [-0.1, -0.05) is 394 Å². The minimum atomic E-state index is 0.644. The monoisotopic (exact) mass is 1760 g/mol. The number of fused-ring (bicyclic) bond motifs is 15. The Morgan fingerprint density at radius 2 is 0.435 bits per heavy atom. The molecule has 6 heterocycles. The van der Waals surface area contributed by atoms with Crippen molar-refractivity contribution < 1.29 is 0 Å². The van der Waals surface area contributed by atoms with Crippen molar-refractivity contribution in [3.8, 4) is 135 Å². The first-order chi connectivity index (χ1) is 68.4. The van der Waals surface area contributed by atoms with E-state index in [4.69, 9.17) is 24.9 Å². The van der Waals surface area contributed by atoms with E-state index in [1.165, 1.54) is 131 Å². The van der Waals surface area contributed by atoms with E-state index >= 15 is 0 Å². The van der Waals surface area contributed by atoms with Gasteiger partial charge < -0.3 is 18.3 Å². The normalized spacial score (nSPS) is 11.5. The van der Waals surface area contributed by atoms with Gasteiger partial charge in [0.2, 0.25) is 0 Å². The van der Waals surface area contributed by atoms with Crippen LogP contribution in [0.15, 0.2) is 516 Å². The van der Waals surface area contributed by atoms with Gasteiger partial charge in [0, 0.05) is 99.2 Å². The summed E-state index contributed by atoms with van der Waals surface area (Å²) < 4.78 is 9.54.